The molecule has 1 aliphatic heterocycles. The van der Waals surface area contributed by atoms with Gasteiger partial charge in [-0.3, -0.25) is 9.59 Å². The lowest BCUT2D eigenvalue weighted by molar-refractivity contribution is -0.133. The summed E-state index contributed by atoms with van der Waals surface area (Å²) in [6, 6.07) is 14.1. The lowest BCUT2D eigenvalue weighted by atomic mass is 9.95. The number of carbonyl (C=O) groups excluding carboxylic acids is 2. The molecule has 1 aliphatic rings. The molecular formula is C22H22FN3O2. The molecule has 2 amide bonds. The number of nitrogens with one attached hydrogen (secondary N) is 2. The lowest BCUT2D eigenvalue weighted by Gasteiger charge is -2.31. The monoisotopic (exact) mass is 379 g/mol. The Labute approximate surface area is 162 Å². The first-order valence-corrected chi connectivity index (χ1v) is 9.50. The number of nitrogens with zero attached hydrogens (tertiary/aromatic N) is 1. The number of likely N-dealkylation sites (tertiary alicyclic amines) is 1. The van der Waals surface area contributed by atoms with Crippen LogP contribution < -0.4 is 5.32 Å². The number of amides is 2. The maximum Gasteiger partial charge on any atom is 0.227 e. The molecule has 1 fully saturated rings. The number of hydrogen-bond acceptors (Lipinski definition) is 2. The number of aromatic amines is 1. The molecule has 6 heteroatoms. The number of halogens is 1. The highest BCUT2D eigenvalue weighted by Crippen LogP contribution is 2.23. The number of piperidine rings is 1. The zero-order valence-electron chi connectivity index (χ0n) is 15.5. The Morgan fingerprint density at radius 3 is 2.57 bits per heavy atom. The van der Waals surface area contributed by atoms with E-state index in [0.717, 1.165) is 16.5 Å². The molecule has 3 aromatic rings. The number of benzene rings is 2. The van der Waals surface area contributed by atoms with E-state index < -0.39 is 5.82 Å². The summed E-state index contributed by atoms with van der Waals surface area (Å²) in [5.41, 5.74) is 2.21. The summed E-state index contributed by atoms with van der Waals surface area (Å²) in [6.45, 7) is 1.08. The second kappa shape index (κ2) is 7.84. The third kappa shape index (κ3) is 3.76. The van der Waals surface area contributed by atoms with Crippen molar-refractivity contribution in [2.45, 2.75) is 19.3 Å². The second-order valence-corrected chi connectivity index (χ2v) is 7.16. The molecule has 0 atom stereocenters. The predicted molar refractivity (Wildman–Crippen MR) is 106 cm³/mol. The number of rotatable bonds is 4. The Hall–Kier alpha value is -3.15. The topological polar surface area (TPSA) is 65.2 Å². The van der Waals surface area contributed by atoms with Gasteiger partial charge in [0.15, 0.2) is 0 Å². The van der Waals surface area contributed by atoms with E-state index in [1.807, 2.05) is 35.4 Å². The van der Waals surface area contributed by atoms with Gasteiger partial charge in [0, 0.05) is 36.1 Å². The number of anilines is 1. The number of hydrogen-bond donors (Lipinski definition) is 2. The molecule has 4 rings (SSSR count). The number of aromatic nitrogens is 1. The van der Waals surface area contributed by atoms with Crippen molar-refractivity contribution in [1.82, 2.24) is 9.88 Å². The van der Waals surface area contributed by atoms with E-state index in [0.29, 0.717) is 32.4 Å². The van der Waals surface area contributed by atoms with Crippen molar-refractivity contribution >= 4 is 28.4 Å². The molecule has 2 heterocycles. The van der Waals surface area contributed by atoms with E-state index in [2.05, 4.69) is 10.3 Å². The van der Waals surface area contributed by atoms with Crippen LogP contribution in [0.4, 0.5) is 10.1 Å². The summed E-state index contributed by atoms with van der Waals surface area (Å²) in [5.74, 6) is -0.773. The first-order valence-electron chi connectivity index (χ1n) is 9.50. The van der Waals surface area contributed by atoms with Gasteiger partial charge < -0.3 is 15.2 Å². The third-order valence-electron chi connectivity index (χ3n) is 5.37. The molecule has 2 aromatic carbocycles. The van der Waals surface area contributed by atoms with Gasteiger partial charge >= 0.3 is 0 Å². The van der Waals surface area contributed by atoms with Gasteiger partial charge in [0.25, 0.3) is 0 Å². The first kappa shape index (κ1) is 18.2. The molecule has 0 saturated carbocycles. The molecule has 28 heavy (non-hydrogen) atoms. The van der Waals surface area contributed by atoms with Crippen LogP contribution in [0.1, 0.15) is 18.4 Å². The van der Waals surface area contributed by atoms with Crippen LogP contribution in [0.5, 0.6) is 0 Å². The molecule has 2 N–H and O–H groups in total. The molecule has 1 saturated heterocycles. The van der Waals surface area contributed by atoms with Crippen LogP contribution in [0.3, 0.4) is 0 Å². The molecule has 0 aliphatic carbocycles. The zero-order chi connectivity index (χ0) is 19.5. The fourth-order valence-corrected chi connectivity index (χ4v) is 3.74. The smallest absolute Gasteiger partial charge is 0.227 e. The highest BCUT2D eigenvalue weighted by molar-refractivity contribution is 5.93. The maximum atomic E-state index is 13.7. The van der Waals surface area contributed by atoms with Crippen LogP contribution in [-0.4, -0.2) is 34.8 Å². The van der Waals surface area contributed by atoms with Crippen molar-refractivity contribution in [3.05, 3.63) is 66.1 Å². The van der Waals surface area contributed by atoms with Crippen molar-refractivity contribution in [2.24, 2.45) is 5.92 Å². The Morgan fingerprint density at radius 1 is 1.07 bits per heavy atom. The minimum atomic E-state index is -0.442. The highest BCUT2D eigenvalue weighted by atomic mass is 19.1. The normalized spacial score (nSPS) is 15.0. The second-order valence-electron chi connectivity index (χ2n) is 7.16. The van der Waals surface area contributed by atoms with Crippen LogP contribution in [0.25, 0.3) is 10.9 Å². The van der Waals surface area contributed by atoms with Crippen LogP contribution in [0.2, 0.25) is 0 Å². The summed E-state index contributed by atoms with van der Waals surface area (Å²) >= 11 is 0. The molecule has 0 spiro atoms. The molecule has 0 radical (unpaired) electrons. The molecule has 1 aromatic heterocycles. The standard InChI is InChI=1S/C22H22FN3O2/c23-18-6-2-4-8-20(18)25-22(28)15-9-11-26(12-10-15)21(27)13-16-14-24-19-7-3-1-5-17(16)19/h1-8,14-15,24H,9-13H2,(H,25,28). The van der Waals surface area contributed by atoms with Crippen molar-refractivity contribution in [3.8, 4) is 0 Å². The van der Waals surface area contributed by atoms with Gasteiger partial charge in [0.2, 0.25) is 11.8 Å². The molecule has 0 unspecified atom stereocenters. The van der Waals surface area contributed by atoms with Crippen LogP contribution in [0.15, 0.2) is 54.7 Å². The Balaban J connectivity index is 1.33. The number of H-pyrrole nitrogens is 1. The third-order valence-corrected chi connectivity index (χ3v) is 5.37. The fraction of sp³-hybridized carbons (Fsp3) is 0.273. The van der Waals surface area contributed by atoms with Gasteiger partial charge in [-0.2, -0.15) is 0 Å². The van der Waals surface area contributed by atoms with Gasteiger partial charge in [-0.25, -0.2) is 4.39 Å². The SMILES string of the molecule is O=C(Nc1ccccc1F)C1CCN(C(=O)Cc2c[nH]c3ccccc23)CC1. The average Bonchev–Trinajstić information content (AvgIpc) is 3.13. The van der Waals surface area contributed by atoms with Gasteiger partial charge in [-0.05, 0) is 36.6 Å². The summed E-state index contributed by atoms with van der Waals surface area (Å²) in [4.78, 5) is 30.1. The maximum absolute atomic E-state index is 13.7. The average molecular weight is 379 g/mol. The van der Waals surface area contributed by atoms with E-state index in [4.69, 9.17) is 0 Å². The minimum Gasteiger partial charge on any atom is -0.361 e. The zero-order valence-corrected chi connectivity index (χ0v) is 15.5. The van der Waals surface area contributed by atoms with Crippen molar-refractivity contribution < 1.29 is 14.0 Å². The predicted octanol–water partition coefficient (Wildman–Crippen LogP) is 3.73. The van der Waals surface area contributed by atoms with E-state index in [1.165, 1.54) is 6.07 Å². The minimum absolute atomic E-state index is 0.0673. The van der Waals surface area contributed by atoms with Crippen molar-refractivity contribution in [2.75, 3.05) is 18.4 Å². The summed E-state index contributed by atoms with van der Waals surface area (Å²) < 4.78 is 13.7. The molecule has 0 bridgehead atoms. The summed E-state index contributed by atoms with van der Waals surface area (Å²) in [6.07, 6.45) is 3.40. The summed E-state index contributed by atoms with van der Waals surface area (Å²) in [7, 11) is 0. The van der Waals surface area contributed by atoms with Crippen LogP contribution >= 0.6 is 0 Å². The largest absolute Gasteiger partial charge is 0.361 e. The molecular weight excluding hydrogens is 357 g/mol. The van der Waals surface area contributed by atoms with Gasteiger partial charge in [0.1, 0.15) is 5.82 Å². The van der Waals surface area contributed by atoms with Crippen LogP contribution in [-0.2, 0) is 16.0 Å². The Bertz CT molecular complexity index is 1010. The van der Waals surface area contributed by atoms with Crippen LogP contribution in [0, 0.1) is 11.7 Å². The Kier molecular flexibility index (Phi) is 5.10. The van der Waals surface area contributed by atoms with Crippen molar-refractivity contribution in [1.29, 1.82) is 0 Å². The van der Waals surface area contributed by atoms with Crippen molar-refractivity contribution in [3.63, 3.8) is 0 Å². The van der Waals surface area contributed by atoms with Gasteiger partial charge in [-0.15, -0.1) is 0 Å². The number of para-hydroxylation sites is 2. The number of carbonyl (C=O) groups is 2. The highest BCUT2D eigenvalue weighted by Gasteiger charge is 2.28. The lowest BCUT2D eigenvalue weighted by Crippen LogP contribution is -2.42. The van der Waals surface area contributed by atoms with E-state index >= 15 is 0 Å². The molecule has 144 valence electrons. The Morgan fingerprint density at radius 2 is 1.79 bits per heavy atom. The number of fused-ring (bicyclic) bond motifs is 1. The first-order chi connectivity index (χ1) is 13.6. The molecule has 5 nitrogen and oxygen atoms in total. The summed E-state index contributed by atoms with van der Waals surface area (Å²) in [5, 5.41) is 3.72. The van der Waals surface area contributed by atoms with Gasteiger partial charge in [-0.1, -0.05) is 30.3 Å². The van der Waals surface area contributed by atoms with E-state index in [1.54, 1.807) is 18.2 Å². The van der Waals surface area contributed by atoms with E-state index in [9.17, 15) is 14.0 Å². The fourth-order valence-electron chi connectivity index (χ4n) is 3.74. The van der Waals surface area contributed by atoms with Gasteiger partial charge in [0.05, 0.1) is 12.1 Å². The quantitative estimate of drug-likeness (QED) is 0.726. The van der Waals surface area contributed by atoms with E-state index in [-0.39, 0.29) is 23.4 Å².